The number of halogens is 1. The van der Waals surface area contributed by atoms with Crippen LogP contribution >= 0.6 is 22.6 Å². The Balaban J connectivity index is 0.00000124. The van der Waals surface area contributed by atoms with Crippen LogP contribution in [0.2, 0.25) is 0 Å². The zero-order chi connectivity index (χ0) is 21.6. The summed E-state index contributed by atoms with van der Waals surface area (Å²) in [6.07, 6.45) is 6.67. The van der Waals surface area contributed by atoms with E-state index >= 15 is 0 Å². The van der Waals surface area contributed by atoms with E-state index in [0.717, 1.165) is 44.1 Å². The molecule has 1 fully saturated rings. The van der Waals surface area contributed by atoms with Gasteiger partial charge < -0.3 is 5.32 Å². The minimum absolute atomic E-state index is 0.0790. The van der Waals surface area contributed by atoms with Crippen LogP contribution in [0.15, 0.2) is 48.5 Å². The third-order valence-electron chi connectivity index (χ3n) is 6.72. The molecule has 0 spiro atoms. The third-order valence-corrected chi connectivity index (χ3v) is 8.98. The first-order valence-electron chi connectivity index (χ1n) is 11.0. The monoisotopic (exact) mass is 539 g/mol. The highest BCUT2D eigenvalue weighted by atomic mass is 127. The van der Waals surface area contributed by atoms with Crippen molar-refractivity contribution in [3.8, 4) is 0 Å². The molecule has 1 N–H and O–H groups in total. The first-order chi connectivity index (χ1) is 14.6. The van der Waals surface area contributed by atoms with Crippen molar-refractivity contribution in [3.63, 3.8) is 0 Å². The van der Waals surface area contributed by atoms with Crippen LogP contribution in [0.25, 0.3) is 0 Å². The molecule has 5 heteroatoms. The second kappa shape index (κ2) is 11.1. The molecule has 0 radical (unpaired) electrons. The summed E-state index contributed by atoms with van der Waals surface area (Å²) in [7, 11) is -0.875. The number of benzene rings is 2. The topological polar surface area (TPSA) is 46.2 Å². The Morgan fingerprint density at radius 1 is 1.00 bits per heavy atom. The first-order valence-corrected chi connectivity index (χ1v) is 14.9. The first kappa shape index (κ1) is 23.7. The number of alkyl halides is 1. The number of likely N-dealkylation sites (N-methyl/N-ethyl adjacent to an activating group) is 1. The number of hydrogen-bond donors (Lipinski definition) is 1. The van der Waals surface area contributed by atoms with Crippen molar-refractivity contribution in [2.45, 2.75) is 62.2 Å². The molecule has 0 aromatic heterocycles. The predicted octanol–water partition coefficient (Wildman–Crippen LogP) is 5.11. The van der Waals surface area contributed by atoms with Crippen molar-refractivity contribution in [1.29, 1.82) is 0 Å². The van der Waals surface area contributed by atoms with Gasteiger partial charge in [-0.1, -0.05) is 77.5 Å². The molecule has 3 nitrogen and oxygen atoms in total. The molecule has 1 saturated carbocycles. The number of fused-ring (bicyclic) bond motifs is 1. The summed E-state index contributed by atoms with van der Waals surface area (Å²) in [5.41, 5.74) is 5.36. The fourth-order valence-electron chi connectivity index (χ4n) is 4.72. The number of aryl methyl sites for hydroxylation is 2. The summed E-state index contributed by atoms with van der Waals surface area (Å²) in [6, 6.07) is 17.8. The van der Waals surface area contributed by atoms with Crippen molar-refractivity contribution < 1.29 is 8.42 Å². The Bertz CT molecular complexity index is 910. The Kier molecular flexibility index (Phi) is 8.78. The normalized spacial score (nSPS) is 21.2. The molecule has 2 atom stereocenters. The van der Waals surface area contributed by atoms with Crippen LogP contribution in [0.1, 0.15) is 53.9 Å². The molecule has 2 aromatic rings. The average molecular weight is 540 g/mol. The van der Waals surface area contributed by atoms with Crippen LogP contribution in [-0.2, 0) is 29.1 Å². The highest BCUT2D eigenvalue weighted by Crippen LogP contribution is 2.35. The van der Waals surface area contributed by atoms with Crippen LogP contribution in [0.4, 0.5) is 0 Å². The fraction of sp³-hybridized carbons (Fsp3) is 0.520. The largest absolute Gasteiger partial charge is 0.316 e. The van der Waals surface area contributed by atoms with Gasteiger partial charge in [0.05, 0.1) is 11.0 Å². The van der Waals surface area contributed by atoms with Crippen molar-refractivity contribution in [2.75, 3.05) is 17.7 Å². The fourth-order valence-corrected chi connectivity index (χ4v) is 6.63. The van der Waals surface area contributed by atoms with E-state index in [9.17, 15) is 8.42 Å². The Hall–Kier alpha value is -0.920. The van der Waals surface area contributed by atoms with Gasteiger partial charge in [-0.2, -0.15) is 0 Å². The number of rotatable bonds is 7. The highest BCUT2D eigenvalue weighted by molar-refractivity contribution is 14.1. The number of sulfone groups is 1. The summed E-state index contributed by atoms with van der Waals surface area (Å²) < 4.78 is 24.9. The highest BCUT2D eigenvalue weighted by Gasteiger charge is 2.31. The maximum absolute atomic E-state index is 12.5. The average Bonchev–Trinajstić information content (AvgIpc) is 2.73. The van der Waals surface area contributed by atoms with Gasteiger partial charge in [-0.15, -0.1) is 0 Å². The minimum Gasteiger partial charge on any atom is -0.316 e. The molecule has 0 aliphatic heterocycles. The zero-order valence-corrected chi connectivity index (χ0v) is 21.1. The second-order valence-corrected chi connectivity index (χ2v) is 10.8. The molecular weight excluding hydrogens is 505 g/mol. The van der Waals surface area contributed by atoms with E-state index in [-0.39, 0.29) is 11.0 Å². The van der Waals surface area contributed by atoms with Crippen LogP contribution in [0.5, 0.6) is 0 Å². The van der Waals surface area contributed by atoms with Crippen molar-refractivity contribution in [3.05, 3.63) is 70.8 Å². The van der Waals surface area contributed by atoms with Crippen molar-refractivity contribution in [2.24, 2.45) is 0 Å². The quantitative estimate of drug-likeness (QED) is 0.393. The SMILES string of the molecule is CI.CNC1CCc2ccc(CCS(=O)(=O)C3CCC3)cc2C1Cc1ccccc1. The molecule has 0 bridgehead atoms. The molecule has 2 unspecified atom stereocenters. The predicted molar refractivity (Wildman–Crippen MR) is 136 cm³/mol. The summed E-state index contributed by atoms with van der Waals surface area (Å²) in [5, 5.41) is 3.45. The Morgan fingerprint density at radius 3 is 2.37 bits per heavy atom. The van der Waals surface area contributed by atoms with E-state index in [0.29, 0.717) is 18.4 Å². The standard InChI is InChI=1S/C24H31NO2S.CH3I/c1-25-24-13-12-20-11-10-19(14-15-28(26,27)21-8-5-9-21)16-22(20)23(24)17-18-6-3-2-4-7-18;1-2/h2-4,6-7,10-11,16,21,23-25H,5,8-9,12-15,17H2,1H3;1H3. The van der Waals surface area contributed by atoms with Gasteiger partial charge in [0.2, 0.25) is 0 Å². The van der Waals surface area contributed by atoms with Gasteiger partial charge in [0.25, 0.3) is 0 Å². The molecule has 2 aliphatic carbocycles. The summed E-state index contributed by atoms with van der Waals surface area (Å²) in [4.78, 5) is 1.97. The van der Waals surface area contributed by atoms with Gasteiger partial charge in [-0.05, 0) is 72.8 Å². The van der Waals surface area contributed by atoms with E-state index in [1.165, 1.54) is 16.7 Å². The molecule has 164 valence electrons. The van der Waals surface area contributed by atoms with Crippen molar-refractivity contribution in [1.82, 2.24) is 5.32 Å². The van der Waals surface area contributed by atoms with Gasteiger partial charge in [-0.3, -0.25) is 0 Å². The summed E-state index contributed by atoms with van der Waals surface area (Å²) in [5.74, 6) is 0.717. The van der Waals surface area contributed by atoms with E-state index in [1.807, 2.05) is 4.93 Å². The van der Waals surface area contributed by atoms with Crippen LogP contribution in [0, 0.1) is 0 Å². The van der Waals surface area contributed by atoms with E-state index in [4.69, 9.17) is 0 Å². The van der Waals surface area contributed by atoms with Crippen LogP contribution < -0.4 is 5.32 Å². The number of nitrogens with one attached hydrogen (secondary N) is 1. The lowest BCUT2D eigenvalue weighted by Crippen LogP contribution is -2.37. The van der Waals surface area contributed by atoms with Gasteiger partial charge in [0.1, 0.15) is 0 Å². The van der Waals surface area contributed by atoms with Crippen LogP contribution in [0.3, 0.4) is 0 Å². The maximum atomic E-state index is 12.5. The lowest BCUT2D eigenvalue weighted by atomic mass is 9.75. The molecule has 0 saturated heterocycles. The van der Waals surface area contributed by atoms with Gasteiger partial charge in [-0.25, -0.2) is 8.42 Å². The van der Waals surface area contributed by atoms with E-state index in [2.05, 4.69) is 83.5 Å². The second-order valence-electron chi connectivity index (χ2n) is 8.43. The molecular formula is C25H34INO2S. The smallest absolute Gasteiger partial charge is 0.153 e. The van der Waals surface area contributed by atoms with Crippen LogP contribution in [-0.4, -0.2) is 37.4 Å². The maximum Gasteiger partial charge on any atom is 0.153 e. The van der Waals surface area contributed by atoms with E-state index < -0.39 is 9.84 Å². The summed E-state index contributed by atoms with van der Waals surface area (Å²) in [6.45, 7) is 0. The van der Waals surface area contributed by atoms with Gasteiger partial charge in [0, 0.05) is 12.0 Å². The number of hydrogen-bond acceptors (Lipinski definition) is 3. The molecule has 4 rings (SSSR count). The summed E-state index contributed by atoms with van der Waals surface area (Å²) >= 11 is 2.15. The molecule has 30 heavy (non-hydrogen) atoms. The van der Waals surface area contributed by atoms with Gasteiger partial charge >= 0.3 is 0 Å². The molecule has 2 aliphatic rings. The Morgan fingerprint density at radius 2 is 1.73 bits per heavy atom. The molecule has 0 heterocycles. The lowest BCUT2D eigenvalue weighted by Gasteiger charge is -2.34. The lowest BCUT2D eigenvalue weighted by molar-refractivity contribution is 0.409. The minimum atomic E-state index is -2.93. The molecule has 0 amide bonds. The van der Waals surface area contributed by atoms with Gasteiger partial charge in [0.15, 0.2) is 9.84 Å². The zero-order valence-electron chi connectivity index (χ0n) is 18.1. The molecule has 2 aromatic carbocycles. The van der Waals surface area contributed by atoms with E-state index in [1.54, 1.807) is 0 Å². The van der Waals surface area contributed by atoms with Crippen molar-refractivity contribution >= 4 is 32.4 Å². The Labute approximate surface area is 196 Å². The third kappa shape index (κ3) is 5.65.